The average Bonchev–Trinajstić information content (AvgIpc) is 2.26. The van der Waals surface area contributed by atoms with Crippen LogP contribution in [-0.2, 0) is 14.3 Å². The zero-order valence-electron chi connectivity index (χ0n) is 12.1. The molecule has 0 bridgehead atoms. The van der Waals surface area contributed by atoms with Crippen molar-refractivity contribution in [3.8, 4) is 0 Å². The first kappa shape index (κ1) is 16.3. The van der Waals surface area contributed by atoms with E-state index in [0.717, 1.165) is 0 Å². The molecule has 0 aromatic heterocycles. The fourth-order valence-corrected chi connectivity index (χ4v) is 2.34. The number of nitrogens with one attached hydrogen (secondary N) is 1. The maximum absolute atomic E-state index is 12.0. The van der Waals surface area contributed by atoms with E-state index in [4.69, 9.17) is 9.84 Å². The van der Waals surface area contributed by atoms with Crippen molar-refractivity contribution in [2.24, 2.45) is 0 Å². The Morgan fingerprint density at radius 1 is 1.45 bits per heavy atom. The molecular formula is C13H22N2O5. The molecule has 1 rings (SSSR count). The van der Waals surface area contributed by atoms with Crippen LogP contribution in [0.2, 0.25) is 0 Å². The van der Waals surface area contributed by atoms with Gasteiger partial charge in [0.2, 0.25) is 6.41 Å². The number of likely N-dealkylation sites (tertiary alicyclic amines) is 1. The third-order valence-corrected chi connectivity index (χ3v) is 3.08. The maximum Gasteiger partial charge on any atom is 0.410 e. The number of nitrogens with zero attached hydrogens (tertiary/aromatic N) is 1. The molecule has 1 unspecified atom stereocenters. The molecule has 114 valence electrons. The van der Waals surface area contributed by atoms with E-state index < -0.39 is 23.2 Å². The first-order valence-electron chi connectivity index (χ1n) is 6.58. The van der Waals surface area contributed by atoms with Gasteiger partial charge < -0.3 is 20.1 Å². The lowest BCUT2D eigenvalue weighted by Gasteiger charge is -2.41. The van der Waals surface area contributed by atoms with Gasteiger partial charge in [0, 0.05) is 13.1 Å². The molecule has 1 heterocycles. The SMILES string of the molecule is CC(C)(C)OC(=O)N1CCCC(CC(=O)O)(NC=O)C1. The third kappa shape index (κ3) is 4.71. The second-order valence-corrected chi connectivity index (χ2v) is 6.12. The van der Waals surface area contributed by atoms with Gasteiger partial charge in [0.25, 0.3) is 0 Å². The predicted molar refractivity (Wildman–Crippen MR) is 71.2 cm³/mol. The molecule has 20 heavy (non-hydrogen) atoms. The highest BCUT2D eigenvalue weighted by Crippen LogP contribution is 2.25. The molecule has 1 saturated heterocycles. The largest absolute Gasteiger partial charge is 0.481 e. The molecule has 2 N–H and O–H groups in total. The number of rotatable bonds is 4. The molecule has 0 aromatic carbocycles. The van der Waals surface area contributed by atoms with E-state index >= 15 is 0 Å². The summed E-state index contributed by atoms with van der Waals surface area (Å²) in [6, 6.07) is 0. The fraction of sp³-hybridized carbons (Fsp3) is 0.769. The monoisotopic (exact) mass is 286 g/mol. The van der Waals surface area contributed by atoms with Crippen molar-refractivity contribution >= 4 is 18.5 Å². The minimum Gasteiger partial charge on any atom is -0.481 e. The Labute approximate surface area is 118 Å². The van der Waals surface area contributed by atoms with E-state index in [1.807, 2.05) is 0 Å². The van der Waals surface area contributed by atoms with Crippen LogP contribution in [0.5, 0.6) is 0 Å². The molecule has 0 aromatic rings. The van der Waals surface area contributed by atoms with Gasteiger partial charge in [-0.3, -0.25) is 9.59 Å². The van der Waals surface area contributed by atoms with Crippen molar-refractivity contribution < 1.29 is 24.2 Å². The van der Waals surface area contributed by atoms with Gasteiger partial charge in [-0.2, -0.15) is 0 Å². The highest BCUT2D eigenvalue weighted by Gasteiger charge is 2.39. The Kier molecular flexibility index (Phi) is 4.97. The normalized spacial score (nSPS) is 23.1. The lowest BCUT2D eigenvalue weighted by molar-refractivity contribution is -0.139. The maximum atomic E-state index is 12.0. The summed E-state index contributed by atoms with van der Waals surface area (Å²) in [6.45, 7) is 5.94. The van der Waals surface area contributed by atoms with Crippen LogP contribution in [-0.4, -0.2) is 52.7 Å². The van der Waals surface area contributed by atoms with Gasteiger partial charge in [0.05, 0.1) is 12.0 Å². The molecule has 0 aliphatic carbocycles. The quantitative estimate of drug-likeness (QED) is 0.751. The highest BCUT2D eigenvalue weighted by atomic mass is 16.6. The van der Waals surface area contributed by atoms with Crippen LogP contribution in [0.3, 0.4) is 0 Å². The number of amides is 2. The van der Waals surface area contributed by atoms with Crippen molar-refractivity contribution in [2.75, 3.05) is 13.1 Å². The van der Waals surface area contributed by atoms with Crippen LogP contribution in [0, 0.1) is 0 Å². The van der Waals surface area contributed by atoms with Crippen molar-refractivity contribution in [3.05, 3.63) is 0 Å². The topological polar surface area (TPSA) is 95.9 Å². The van der Waals surface area contributed by atoms with Crippen molar-refractivity contribution in [2.45, 2.75) is 51.2 Å². The van der Waals surface area contributed by atoms with Crippen LogP contribution < -0.4 is 5.32 Å². The lowest BCUT2D eigenvalue weighted by Crippen LogP contribution is -2.59. The number of carbonyl (C=O) groups excluding carboxylic acids is 2. The number of carboxylic acids is 1. The number of carbonyl (C=O) groups is 3. The van der Waals surface area contributed by atoms with E-state index in [0.29, 0.717) is 25.8 Å². The summed E-state index contributed by atoms with van der Waals surface area (Å²) in [5.74, 6) is -1.01. The zero-order valence-corrected chi connectivity index (χ0v) is 12.1. The van der Waals surface area contributed by atoms with Crippen LogP contribution in [0.4, 0.5) is 4.79 Å². The summed E-state index contributed by atoms with van der Waals surface area (Å²) < 4.78 is 5.28. The summed E-state index contributed by atoms with van der Waals surface area (Å²) in [6.07, 6.45) is 0.928. The van der Waals surface area contributed by atoms with Gasteiger partial charge >= 0.3 is 12.1 Å². The molecule has 1 atom stereocenters. The minimum absolute atomic E-state index is 0.146. The number of piperidine rings is 1. The Morgan fingerprint density at radius 3 is 2.60 bits per heavy atom. The van der Waals surface area contributed by atoms with E-state index in [1.165, 1.54) is 4.90 Å². The van der Waals surface area contributed by atoms with Crippen LogP contribution in [0.1, 0.15) is 40.0 Å². The second-order valence-electron chi connectivity index (χ2n) is 6.12. The lowest BCUT2D eigenvalue weighted by atomic mass is 9.86. The van der Waals surface area contributed by atoms with E-state index in [9.17, 15) is 14.4 Å². The molecule has 2 amide bonds. The van der Waals surface area contributed by atoms with E-state index in [1.54, 1.807) is 20.8 Å². The average molecular weight is 286 g/mol. The van der Waals surface area contributed by atoms with Gasteiger partial charge in [0.1, 0.15) is 5.60 Å². The summed E-state index contributed by atoms with van der Waals surface area (Å²) in [5.41, 5.74) is -1.52. The third-order valence-electron chi connectivity index (χ3n) is 3.08. The Morgan fingerprint density at radius 2 is 2.10 bits per heavy atom. The van der Waals surface area contributed by atoms with Gasteiger partial charge in [-0.15, -0.1) is 0 Å². The first-order chi connectivity index (χ1) is 9.17. The van der Waals surface area contributed by atoms with Crippen LogP contribution >= 0.6 is 0 Å². The highest BCUT2D eigenvalue weighted by molar-refractivity contribution is 5.71. The second kappa shape index (κ2) is 6.11. The summed E-state index contributed by atoms with van der Waals surface area (Å²) in [5, 5.41) is 11.5. The molecule has 0 saturated carbocycles. The molecule has 1 aliphatic heterocycles. The minimum atomic E-state index is -1.01. The first-order valence-corrected chi connectivity index (χ1v) is 6.58. The summed E-state index contributed by atoms with van der Waals surface area (Å²) in [4.78, 5) is 35.2. The molecule has 0 spiro atoms. The number of ether oxygens (including phenoxy) is 1. The zero-order chi connectivity index (χ0) is 15.4. The Hall–Kier alpha value is -1.79. The smallest absolute Gasteiger partial charge is 0.410 e. The fourth-order valence-electron chi connectivity index (χ4n) is 2.34. The van der Waals surface area contributed by atoms with Crippen LogP contribution in [0.25, 0.3) is 0 Å². The Balaban J connectivity index is 2.79. The van der Waals surface area contributed by atoms with Crippen molar-refractivity contribution in [3.63, 3.8) is 0 Å². The van der Waals surface area contributed by atoms with E-state index in [2.05, 4.69) is 5.32 Å². The number of carboxylic acid groups (broad SMARTS) is 1. The number of aliphatic carboxylic acids is 1. The number of hydrogen-bond acceptors (Lipinski definition) is 4. The van der Waals surface area contributed by atoms with Gasteiger partial charge in [-0.25, -0.2) is 4.79 Å². The molecule has 7 heteroatoms. The Bertz CT molecular complexity index is 391. The van der Waals surface area contributed by atoms with Gasteiger partial charge in [0.15, 0.2) is 0 Å². The van der Waals surface area contributed by atoms with Gasteiger partial charge in [-0.1, -0.05) is 0 Å². The molecule has 1 aliphatic rings. The van der Waals surface area contributed by atoms with E-state index in [-0.39, 0.29) is 13.0 Å². The van der Waals surface area contributed by atoms with Crippen LogP contribution in [0.15, 0.2) is 0 Å². The van der Waals surface area contributed by atoms with Crippen molar-refractivity contribution in [1.82, 2.24) is 10.2 Å². The van der Waals surface area contributed by atoms with Gasteiger partial charge in [-0.05, 0) is 33.6 Å². The summed E-state index contributed by atoms with van der Waals surface area (Å²) in [7, 11) is 0. The molecule has 0 radical (unpaired) electrons. The molecule has 7 nitrogen and oxygen atoms in total. The standard InChI is InChI=1S/C13H22N2O5/c1-12(2,3)20-11(19)15-6-4-5-13(8-15,14-9-16)7-10(17)18/h9H,4-8H2,1-3H3,(H,14,16)(H,17,18). The summed E-state index contributed by atoms with van der Waals surface area (Å²) >= 11 is 0. The predicted octanol–water partition coefficient (Wildman–Crippen LogP) is 0.977. The van der Waals surface area contributed by atoms with Crippen molar-refractivity contribution in [1.29, 1.82) is 0 Å². The molecular weight excluding hydrogens is 264 g/mol. The molecule has 1 fully saturated rings. The number of hydrogen-bond donors (Lipinski definition) is 2.